The first-order valence-corrected chi connectivity index (χ1v) is 6.26. The number of ketones is 1. The van der Waals surface area contributed by atoms with Crippen LogP contribution < -0.4 is 5.32 Å². The van der Waals surface area contributed by atoms with Gasteiger partial charge in [-0.1, -0.05) is 19.8 Å². The van der Waals surface area contributed by atoms with Crippen molar-refractivity contribution in [2.45, 2.75) is 64.3 Å². The van der Waals surface area contributed by atoms with E-state index in [1.54, 1.807) is 6.92 Å². The minimum absolute atomic E-state index is 0.326. The van der Waals surface area contributed by atoms with Crippen molar-refractivity contribution >= 4 is 5.78 Å². The molecule has 0 aliphatic heterocycles. The molecule has 0 aromatic carbocycles. The van der Waals surface area contributed by atoms with Crippen LogP contribution in [0.25, 0.3) is 0 Å². The first kappa shape index (κ1) is 12.7. The average molecular weight is 211 g/mol. The summed E-state index contributed by atoms with van der Waals surface area (Å²) < 4.78 is 0. The van der Waals surface area contributed by atoms with E-state index in [2.05, 4.69) is 19.3 Å². The largest absolute Gasteiger partial charge is 0.314 e. The van der Waals surface area contributed by atoms with Gasteiger partial charge in [0.15, 0.2) is 0 Å². The summed E-state index contributed by atoms with van der Waals surface area (Å²) in [6.45, 7) is 3.89. The lowest BCUT2D eigenvalue weighted by atomic mass is 9.87. The Bertz CT molecular complexity index is 207. The van der Waals surface area contributed by atoms with Gasteiger partial charge in [0, 0.05) is 12.0 Å². The zero-order valence-electron chi connectivity index (χ0n) is 10.4. The summed E-state index contributed by atoms with van der Waals surface area (Å²) in [5.74, 6) is 0.876. The lowest BCUT2D eigenvalue weighted by Crippen LogP contribution is -2.40. The number of hydrogen-bond donors (Lipinski definition) is 1. The molecule has 1 fully saturated rings. The highest BCUT2D eigenvalue weighted by molar-refractivity contribution is 5.75. The van der Waals surface area contributed by atoms with E-state index in [1.165, 1.54) is 38.5 Å². The lowest BCUT2D eigenvalue weighted by molar-refractivity contribution is -0.117. The molecule has 1 saturated carbocycles. The van der Waals surface area contributed by atoms with E-state index >= 15 is 0 Å². The van der Waals surface area contributed by atoms with Crippen molar-refractivity contribution in [1.29, 1.82) is 0 Å². The predicted octanol–water partition coefficient (Wildman–Crippen LogP) is 2.91. The van der Waals surface area contributed by atoms with Gasteiger partial charge in [0.25, 0.3) is 0 Å². The monoisotopic (exact) mass is 211 g/mol. The molecule has 1 unspecified atom stereocenters. The maximum Gasteiger partial charge on any atom is 0.130 e. The van der Waals surface area contributed by atoms with Gasteiger partial charge < -0.3 is 10.1 Å². The molecule has 1 rings (SSSR count). The van der Waals surface area contributed by atoms with Crippen molar-refractivity contribution in [2.75, 3.05) is 7.05 Å². The third kappa shape index (κ3) is 3.94. The van der Waals surface area contributed by atoms with Crippen molar-refractivity contribution in [3.63, 3.8) is 0 Å². The molecule has 15 heavy (non-hydrogen) atoms. The van der Waals surface area contributed by atoms with Gasteiger partial charge in [0.2, 0.25) is 0 Å². The van der Waals surface area contributed by atoms with Gasteiger partial charge in [-0.2, -0.15) is 0 Å². The van der Waals surface area contributed by atoms with Crippen LogP contribution in [-0.4, -0.2) is 18.4 Å². The fourth-order valence-corrected chi connectivity index (χ4v) is 2.79. The van der Waals surface area contributed by atoms with Crippen molar-refractivity contribution in [3.05, 3.63) is 0 Å². The Morgan fingerprint density at radius 1 is 1.40 bits per heavy atom. The Kier molecular flexibility index (Phi) is 4.78. The first-order chi connectivity index (χ1) is 7.08. The number of rotatable bonds is 6. The van der Waals surface area contributed by atoms with Crippen molar-refractivity contribution in [1.82, 2.24) is 5.32 Å². The normalized spacial score (nSPS) is 21.5. The van der Waals surface area contributed by atoms with Gasteiger partial charge in [-0.15, -0.1) is 0 Å². The molecule has 0 aromatic rings. The molecular weight excluding hydrogens is 186 g/mol. The summed E-state index contributed by atoms with van der Waals surface area (Å²) >= 11 is 0. The van der Waals surface area contributed by atoms with Gasteiger partial charge in [-0.25, -0.2) is 0 Å². The third-order valence-corrected chi connectivity index (χ3v) is 3.84. The molecule has 1 N–H and O–H groups in total. The van der Waals surface area contributed by atoms with Crippen LogP contribution in [0.5, 0.6) is 0 Å². The third-order valence-electron chi connectivity index (χ3n) is 3.84. The Balaban J connectivity index is 2.30. The van der Waals surface area contributed by atoms with Crippen LogP contribution in [0.3, 0.4) is 0 Å². The van der Waals surface area contributed by atoms with Crippen molar-refractivity contribution in [2.24, 2.45) is 5.92 Å². The van der Waals surface area contributed by atoms with Gasteiger partial charge in [0.05, 0.1) is 0 Å². The molecule has 2 heteroatoms. The fourth-order valence-electron chi connectivity index (χ4n) is 2.79. The quantitative estimate of drug-likeness (QED) is 0.732. The van der Waals surface area contributed by atoms with Crippen LogP contribution >= 0.6 is 0 Å². The van der Waals surface area contributed by atoms with Crippen molar-refractivity contribution < 1.29 is 4.79 Å². The van der Waals surface area contributed by atoms with E-state index in [1.807, 2.05) is 0 Å². The smallest absolute Gasteiger partial charge is 0.130 e. The molecule has 1 atom stereocenters. The minimum atomic E-state index is 0.326. The number of Topliss-reactive ketones (excluding diaryl/α,β-unsaturated/α-hetero) is 1. The summed E-state index contributed by atoms with van der Waals surface area (Å²) in [6.07, 6.45) is 8.52. The van der Waals surface area contributed by atoms with Gasteiger partial charge in [0.1, 0.15) is 5.78 Å². The van der Waals surface area contributed by atoms with E-state index in [9.17, 15) is 4.79 Å². The van der Waals surface area contributed by atoms with Gasteiger partial charge >= 0.3 is 0 Å². The summed E-state index contributed by atoms with van der Waals surface area (Å²) in [5, 5.41) is 3.50. The summed E-state index contributed by atoms with van der Waals surface area (Å²) in [6, 6.07) is 0. The Labute approximate surface area is 93.8 Å². The molecule has 0 amide bonds. The molecule has 0 spiro atoms. The number of nitrogens with one attached hydrogen (secondary N) is 1. The highest BCUT2D eigenvalue weighted by Crippen LogP contribution is 2.34. The van der Waals surface area contributed by atoms with Gasteiger partial charge in [-0.05, 0) is 45.6 Å². The van der Waals surface area contributed by atoms with Crippen LogP contribution in [0, 0.1) is 5.92 Å². The fraction of sp³-hybridized carbons (Fsp3) is 0.923. The number of hydrogen-bond acceptors (Lipinski definition) is 2. The van der Waals surface area contributed by atoms with Crippen LogP contribution in [0.15, 0.2) is 0 Å². The molecule has 1 aliphatic carbocycles. The standard InChI is InChI=1S/C13H25NO/c1-11(10-12(2)15)6-9-13(14-3)7-4-5-8-13/h11,14H,4-10H2,1-3H3. The van der Waals surface area contributed by atoms with Crippen LogP contribution in [0.4, 0.5) is 0 Å². The molecular formula is C13H25NO. The van der Waals surface area contributed by atoms with Crippen LogP contribution in [0.1, 0.15) is 58.8 Å². The second-order valence-corrected chi connectivity index (χ2v) is 5.29. The Morgan fingerprint density at radius 2 is 2.00 bits per heavy atom. The highest BCUT2D eigenvalue weighted by atomic mass is 16.1. The molecule has 88 valence electrons. The maximum atomic E-state index is 11.0. The molecule has 1 aliphatic rings. The lowest BCUT2D eigenvalue weighted by Gasteiger charge is -2.29. The Morgan fingerprint density at radius 3 is 2.47 bits per heavy atom. The minimum Gasteiger partial charge on any atom is -0.314 e. The SMILES string of the molecule is CNC1(CCC(C)CC(C)=O)CCCC1. The van der Waals surface area contributed by atoms with E-state index < -0.39 is 0 Å². The highest BCUT2D eigenvalue weighted by Gasteiger charge is 2.31. The van der Waals surface area contributed by atoms with Crippen LogP contribution in [0.2, 0.25) is 0 Å². The summed E-state index contributed by atoms with van der Waals surface area (Å²) in [7, 11) is 2.08. The second-order valence-electron chi connectivity index (χ2n) is 5.29. The zero-order valence-corrected chi connectivity index (χ0v) is 10.4. The molecule has 0 heterocycles. The maximum absolute atomic E-state index is 11.0. The summed E-state index contributed by atoms with van der Waals surface area (Å²) in [5.41, 5.74) is 0.394. The van der Waals surface area contributed by atoms with E-state index in [0.29, 0.717) is 17.2 Å². The first-order valence-electron chi connectivity index (χ1n) is 6.26. The zero-order chi connectivity index (χ0) is 11.3. The van der Waals surface area contributed by atoms with E-state index in [0.717, 1.165) is 6.42 Å². The Hall–Kier alpha value is -0.370. The summed E-state index contributed by atoms with van der Waals surface area (Å²) in [4.78, 5) is 11.0. The second kappa shape index (κ2) is 5.64. The van der Waals surface area contributed by atoms with E-state index in [4.69, 9.17) is 0 Å². The molecule has 0 saturated heterocycles. The van der Waals surface area contributed by atoms with E-state index in [-0.39, 0.29) is 0 Å². The molecule has 2 nitrogen and oxygen atoms in total. The predicted molar refractivity (Wildman–Crippen MR) is 64.0 cm³/mol. The molecule has 0 bridgehead atoms. The molecule has 0 aromatic heterocycles. The number of carbonyl (C=O) groups excluding carboxylic acids is 1. The average Bonchev–Trinajstić information content (AvgIpc) is 2.63. The van der Waals surface area contributed by atoms with Crippen molar-refractivity contribution in [3.8, 4) is 0 Å². The topological polar surface area (TPSA) is 29.1 Å². The van der Waals surface area contributed by atoms with Gasteiger partial charge in [-0.3, -0.25) is 0 Å². The molecule has 0 radical (unpaired) electrons. The number of carbonyl (C=O) groups is 1. The van der Waals surface area contributed by atoms with Crippen LogP contribution in [-0.2, 0) is 4.79 Å².